The molecule has 9 heteroatoms. The van der Waals surface area contributed by atoms with E-state index in [4.69, 9.17) is 4.74 Å². The molecule has 32 heavy (non-hydrogen) atoms. The van der Waals surface area contributed by atoms with Gasteiger partial charge in [0, 0.05) is 24.5 Å². The summed E-state index contributed by atoms with van der Waals surface area (Å²) in [5.74, 6) is -0.135. The number of pyridine rings is 1. The van der Waals surface area contributed by atoms with E-state index in [9.17, 15) is 14.4 Å². The van der Waals surface area contributed by atoms with Crippen molar-refractivity contribution < 1.29 is 14.3 Å². The van der Waals surface area contributed by atoms with Crippen LogP contribution in [-0.4, -0.2) is 51.6 Å². The standard InChI is InChI=1S/C23H20N4O4S/c1-31-19-13-17(24-16-8-3-2-7-15(16)19)22(29)27-12-6-11-26(27)21(28)14-25-18-9-4-5-10-20(18)32-23(25)30/h2-5,7-10,13H,6,11-12,14H2,1H3. The molecule has 4 aromatic rings. The second kappa shape index (κ2) is 8.08. The maximum Gasteiger partial charge on any atom is 0.308 e. The van der Waals surface area contributed by atoms with Crippen molar-refractivity contribution in [2.45, 2.75) is 13.0 Å². The molecule has 0 saturated carbocycles. The number of rotatable bonds is 4. The fraction of sp³-hybridized carbons (Fsp3) is 0.217. The molecule has 2 aromatic carbocycles. The maximum absolute atomic E-state index is 13.3. The van der Waals surface area contributed by atoms with E-state index < -0.39 is 0 Å². The smallest absolute Gasteiger partial charge is 0.308 e. The van der Waals surface area contributed by atoms with Crippen LogP contribution in [0.5, 0.6) is 5.75 Å². The Labute approximate surface area is 187 Å². The molecule has 1 aliphatic heterocycles. The first-order valence-corrected chi connectivity index (χ1v) is 11.0. The second-order valence-corrected chi connectivity index (χ2v) is 8.44. The molecule has 0 unspecified atom stereocenters. The highest BCUT2D eigenvalue weighted by Crippen LogP contribution is 2.26. The molecule has 1 aliphatic rings. The van der Waals surface area contributed by atoms with Gasteiger partial charge in [0.2, 0.25) is 0 Å². The topological polar surface area (TPSA) is 84.7 Å². The summed E-state index contributed by atoms with van der Waals surface area (Å²) in [4.78, 5) is 43.1. The molecule has 0 spiro atoms. The Kier molecular flexibility index (Phi) is 5.10. The van der Waals surface area contributed by atoms with Gasteiger partial charge in [-0.2, -0.15) is 0 Å². The molecule has 1 fully saturated rings. The number of amides is 2. The van der Waals surface area contributed by atoms with E-state index in [1.165, 1.54) is 14.6 Å². The molecule has 0 bridgehead atoms. The Morgan fingerprint density at radius 2 is 1.81 bits per heavy atom. The number of hydrazine groups is 1. The van der Waals surface area contributed by atoms with Gasteiger partial charge in [0.1, 0.15) is 18.0 Å². The van der Waals surface area contributed by atoms with Gasteiger partial charge in [0.05, 0.1) is 22.8 Å². The number of para-hydroxylation sites is 2. The minimum absolute atomic E-state index is 0.124. The maximum atomic E-state index is 13.3. The Balaban J connectivity index is 1.44. The van der Waals surface area contributed by atoms with E-state index in [1.807, 2.05) is 48.5 Å². The summed E-state index contributed by atoms with van der Waals surface area (Å²) in [6, 6.07) is 16.4. The third-order valence-corrected chi connectivity index (χ3v) is 6.50. The molecular weight excluding hydrogens is 428 g/mol. The van der Waals surface area contributed by atoms with Crippen molar-refractivity contribution in [3.8, 4) is 5.75 Å². The summed E-state index contributed by atoms with van der Waals surface area (Å²) in [5, 5.41) is 3.65. The van der Waals surface area contributed by atoms with Crippen molar-refractivity contribution in [3.63, 3.8) is 0 Å². The van der Waals surface area contributed by atoms with Crippen molar-refractivity contribution in [2.75, 3.05) is 20.2 Å². The van der Waals surface area contributed by atoms with Gasteiger partial charge in [0.25, 0.3) is 11.8 Å². The number of aromatic nitrogens is 2. The van der Waals surface area contributed by atoms with Gasteiger partial charge in [-0.15, -0.1) is 0 Å². The molecule has 2 amide bonds. The SMILES string of the molecule is COc1cc(C(=O)N2CCCN2C(=O)Cn2c(=O)sc3ccccc32)nc2ccccc12. The van der Waals surface area contributed by atoms with Crippen LogP contribution in [0.1, 0.15) is 16.9 Å². The van der Waals surface area contributed by atoms with Gasteiger partial charge < -0.3 is 4.74 Å². The average molecular weight is 449 g/mol. The summed E-state index contributed by atoms with van der Waals surface area (Å²) in [6.07, 6.45) is 0.654. The van der Waals surface area contributed by atoms with E-state index in [0.29, 0.717) is 36.3 Å². The van der Waals surface area contributed by atoms with Crippen molar-refractivity contribution in [3.05, 3.63) is 70.0 Å². The molecule has 8 nitrogen and oxygen atoms in total. The third kappa shape index (κ3) is 3.40. The van der Waals surface area contributed by atoms with E-state index in [-0.39, 0.29) is 28.9 Å². The number of carbonyl (C=O) groups is 2. The van der Waals surface area contributed by atoms with Crippen LogP contribution in [0.2, 0.25) is 0 Å². The quantitative estimate of drug-likeness (QED) is 0.479. The molecule has 3 heterocycles. The first-order chi connectivity index (χ1) is 15.6. The Morgan fingerprint density at radius 1 is 1.06 bits per heavy atom. The van der Waals surface area contributed by atoms with E-state index in [0.717, 1.165) is 21.4 Å². The number of ether oxygens (including phenoxy) is 1. The van der Waals surface area contributed by atoms with Gasteiger partial charge in [0.15, 0.2) is 0 Å². The zero-order valence-corrected chi connectivity index (χ0v) is 18.2. The van der Waals surface area contributed by atoms with Crippen LogP contribution in [0.15, 0.2) is 59.4 Å². The summed E-state index contributed by atoms with van der Waals surface area (Å²) < 4.78 is 7.74. The molecule has 0 atom stereocenters. The van der Waals surface area contributed by atoms with Gasteiger partial charge >= 0.3 is 4.87 Å². The van der Waals surface area contributed by atoms with Crippen molar-refractivity contribution in [2.24, 2.45) is 0 Å². The number of hydrogen-bond donors (Lipinski definition) is 0. The first-order valence-electron chi connectivity index (χ1n) is 10.2. The summed E-state index contributed by atoms with van der Waals surface area (Å²) in [5.41, 5.74) is 1.57. The average Bonchev–Trinajstić information content (AvgIpc) is 3.43. The fourth-order valence-corrected chi connectivity index (χ4v) is 4.91. The number of thiazole rings is 1. The minimum atomic E-state index is -0.373. The highest BCUT2D eigenvalue weighted by molar-refractivity contribution is 7.16. The van der Waals surface area contributed by atoms with Crippen LogP contribution in [0, 0.1) is 0 Å². The molecule has 0 N–H and O–H groups in total. The van der Waals surface area contributed by atoms with Gasteiger partial charge in [-0.25, -0.2) is 15.0 Å². The number of fused-ring (bicyclic) bond motifs is 2. The molecule has 0 aliphatic carbocycles. The van der Waals surface area contributed by atoms with Gasteiger partial charge in [-0.3, -0.25) is 19.0 Å². The van der Waals surface area contributed by atoms with Crippen LogP contribution >= 0.6 is 11.3 Å². The number of benzene rings is 2. The van der Waals surface area contributed by atoms with E-state index >= 15 is 0 Å². The Bertz CT molecular complexity index is 1410. The predicted molar refractivity (Wildman–Crippen MR) is 122 cm³/mol. The van der Waals surface area contributed by atoms with Crippen molar-refractivity contribution in [1.29, 1.82) is 0 Å². The second-order valence-electron chi connectivity index (χ2n) is 7.45. The molecule has 162 valence electrons. The van der Waals surface area contributed by atoms with Gasteiger partial charge in [-0.1, -0.05) is 35.6 Å². The number of hydrogen-bond acceptors (Lipinski definition) is 6. The van der Waals surface area contributed by atoms with Crippen LogP contribution in [0.25, 0.3) is 21.1 Å². The Hall–Kier alpha value is -3.72. The summed E-state index contributed by atoms with van der Waals surface area (Å²) >= 11 is 1.10. The van der Waals surface area contributed by atoms with Crippen molar-refractivity contribution >= 4 is 44.3 Å². The third-order valence-electron chi connectivity index (χ3n) is 5.54. The van der Waals surface area contributed by atoms with Crippen LogP contribution in [0.4, 0.5) is 0 Å². The molecular formula is C23H20N4O4S. The van der Waals surface area contributed by atoms with Crippen LogP contribution in [0.3, 0.4) is 0 Å². The lowest BCUT2D eigenvalue weighted by molar-refractivity contribution is -0.141. The largest absolute Gasteiger partial charge is 0.496 e. The monoisotopic (exact) mass is 448 g/mol. The highest BCUT2D eigenvalue weighted by atomic mass is 32.1. The lowest BCUT2D eigenvalue weighted by Crippen LogP contribution is -2.46. The Morgan fingerprint density at radius 3 is 2.66 bits per heavy atom. The molecule has 1 saturated heterocycles. The minimum Gasteiger partial charge on any atom is -0.496 e. The zero-order valence-electron chi connectivity index (χ0n) is 17.4. The predicted octanol–water partition coefficient (Wildman–Crippen LogP) is 2.91. The number of nitrogens with zero attached hydrogens (tertiary/aromatic N) is 4. The normalized spacial score (nSPS) is 13.8. The van der Waals surface area contributed by atoms with E-state index in [1.54, 1.807) is 13.2 Å². The lowest BCUT2D eigenvalue weighted by atomic mass is 10.1. The van der Waals surface area contributed by atoms with Crippen LogP contribution < -0.4 is 9.61 Å². The van der Waals surface area contributed by atoms with E-state index in [2.05, 4.69) is 4.98 Å². The lowest BCUT2D eigenvalue weighted by Gasteiger charge is -2.28. The number of methoxy groups -OCH3 is 1. The van der Waals surface area contributed by atoms with Gasteiger partial charge in [-0.05, 0) is 30.7 Å². The zero-order chi connectivity index (χ0) is 22.2. The fourth-order valence-electron chi connectivity index (χ4n) is 4.02. The first kappa shape index (κ1) is 20.2. The summed E-state index contributed by atoms with van der Waals surface area (Å²) in [7, 11) is 1.55. The van der Waals surface area contributed by atoms with Crippen LogP contribution in [-0.2, 0) is 11.3 Å². The molecule has 2 aromatic heterocycles. The number of carbonyl (C=O) groups excluding carboxylic acids is 2. The molecule has 5 rings (SSSR count). The van der Waals surface area contributed by atoms with Crippen molar-refractivity contribution in [1.82, 2.24) is 19.6 Å². The molecule has 0 radical (unpaired) electrons. The summed E-state index contributed by atoms with van der Waals surface area (Å²) in [6.45, 7) is 0.688. The highest BCUT2D eigenvalue weighted by Gasteiger charge is 2.33.